The van der Waals surface area contributed by atoms with Crippen molar-refractivity contribution in [2.75, 3.05) is 6.61 Å². The number of primary amides is 1. The molecule has 0 atom stereocenters. The van der Waals surface area contributed by atoms with E-state index in [1.165, 1.54) is 23.9 Å². The Morgan fingerprint density at radius 2 is 1.76 bits per heavy atom. The number of halogens is 1. The van der Waals surface area contributed by atoms with Crippen LogP contribution in [0.25, 0.3) is 0 Å². The molecule has 0 aliphatic carbocycles. The van der Waals surface area contributed by atoms with Crippen LogP contribution in [0.2, 0.25) is 0 Å². The normalized spacial score (nSPS) is 10.1. The number of rotatable bonds is 6. The van der Waals surface area contributed by atoms with E-state index in [9.17, 15) is 18.8 Å². The van der Waals surface area contributed by atoms with E-state index in [0.717, 1.165) is 0 Å². The second kappa shape index (κ2) is 8.84. The van der Waals surface area contributed by atoms with Gasteiger partial charge in [-0.25, -0.2) is 14.0 Å². The predicted molar refractivity (Wildman–Crippen MR) is 90.4 cm³/mol. The molecule has 8 heteroatoms. The van der Waals surface area contributed by atoms with Gasteiger partial charge in [-0.2, -0.15) is 0 Å². The fourth-order valence-corrected chi connectivity index (χ4v) is 2.94. The number of hydrogen-bond donors (Lipinski definition) is 2. The maximum absolute atomic E-state index is 13.7. The average molecular weight is 362 g/mol. The molecule has 2 rings (SSSR count). The number of carbonyl (C=O) groups excluding carboxylic acids is 3. The van der Waals surface area contributed by atoms with Gasteiger partial charge >= 0.3 is 12.0 Å². The van der Waals surface area contributed by atoms with Crippen LogP contribution in [0.15, 0.2) is 53.4 Å². The quantitative estimate of drug-likeness (QED) is 0.608. The van der Waals surface area contributed by atoms with Gasteiger partial charge in [-0.05, 0) is 23.8 Å². The van der Waals surface area contributed by atoms with Crippen LogP contribution >= 0.6 is 11.8 Å². The molecule has 2 aromatic rings. The largest absolute Gasteiger partial charge is 0.452 e. The van der Waals surface area contributed by atoms with Crippen LogP contribution in [0.1, 0.15) is 15.9 Å². The number of amides is 3. The van der Waals surface area contributed by atoms with Crippen molar-refractivity contribution in [2.45, 2.75) is 10.6 Å². The average Bonchev–Trinajstić information content (AvgIpc) is 2.58. The molecular weight excluding hydrogens is 347 g/mol. The molecule has 0 spiro atoms. The van der Waals surface area contributed by atoms with Gasteiger partial charge < -0.3 is 10.5 Å². The zero-order chi connectivity index (χ0) is 18.2. The van der Waals surface area contributed by atoms with Crippen LogP contribution in [0.4, 0.5) is 9.18 Å². The zero-order valence-electron chi connectivity index (χ0n) is 13.0. The summed E-state index contributed by atoms with van der Waals surface area (Å²) in [4.78, 5) is 34.5. The predicted octanol–water partition coefficient (Wildman–Crippen LogP) is 2.47. The number of carbonyl (C=O) groups is 3. The van der Waals surface area contributed by atoms with E-state index in [-0.39, 0.29) is 11.4 Å². The third-order valence-corrected chi connectivity index (χ3v) is 4.17. The van der Waals surface area contributed by atoms with E-state index < -0.39 is 24.5 Å². The molecule has 6 nitrogen and oxygen atoms in total. The van der Waals surface area contributed by atoms with Gasteiger partial charge in [-0.1, -0.05) is 30.3 Å². The lowest BCUT2D eigenvalue weighted by molar-refractivity contribution is -0.123. The summed E-state index contributed by atoms with van der Waals surface area (Å²) in [5.74, 6) is -1.54. The maximum Gasteiger partial charge on any atom is 0.339 e. The van der Waals surface area contributed by atoms with E-state index in [2.05, 4.69) is 0 Å². The molecule has 0 fully saturated rings. The molecule has 0 unspecified atom stereocenters. The van der Waals surface area contributed by atoms with E-state index in [1.54, 1.807) is 41.7 Å². The monoisotopic (exact) mass is 362 g/mol. The third-order valence-electron chi connectivity index (χ3n) is 3.04. The summed E-state index contributed by atoms with van der Waals surface area (Å²) in [6, 6.07) is 12.0. The van der Waals surface area contributed by atoms with Crippen LogP contribution < -0.4 is 11.1 Å². The molecule has 25 heavy (non-hydrogen) atoms. The van der Waals surface area contributed by atoms with E-state index in [4.69, 9.17) is 10.5 Å². The smallest absolute Gasteiger partial charge is 0.339 e. The molecule has 0 radical (unpaired) electrons. The Morgan fingerprint density at radius 3 is 2.48 bits per heavy atom. The summed E-state index contributed by atoms with van der Waals surface area (Å²) in [6.45, 7) is -0.631. The van der Waals surface area contributed by atoms with Crippen LogP contribution in [0.5, 0.6) is 0 Å². The first-order valence-electron chi connectivity index (χ1n) is 7.19. The number of hydrogen-bond acceptors (Lipinski definition) is 5. The van der Waals surface area contributed by atoms with Crippen molar-refractivity contribution in [2.24, 2.45) is 5.73 Å². The Morgan fingerprint density at radius 1 is 1.08 bits per heavy atom. The minimum absolute atomic E-state index is 0.246. The molecule has 0 heterocycles. The van der Waals surface area contributed by atoms with Crippen molar-refractivity contribution < 1.29 is 23.5 Å². The van der Waals surface area contributed by atoms with Crippen molar-refractivity contribution in [1.29, 1.82) is 0 Å². The number of ether oxygens (including phenoxy) is 1. The minimum atomic E-state index is -1.03. The summed E-state index contributed by atoms with van der Waals surface area (Å²) in [7, 11) is 0. The highest BCUT2D eigenvalue weighted by Gasteiger charge is 2.15. The van der Waals surface area contributed by atoms with Crippen molar-refractivity contribution in [1.82, 2.24) is 5.32 Å². The summed E-state index contributed by atoms with van der Waals surface area (Å²) in [6.07, 6.45) is 0. The second-order valence-corrected chi connectivity index (χ2v) is 5.88. The first-order chi connectivity index (χ1) is 12.0. The van der Waals surface area contributed by atoms with Gasteiger partial charge in [0.1, 0.15) is 5.82 Å². The fraction of sp³-hybridized carbons (Fsp3) is 0.118. The summed E-state index contributed by atoms with van der Waals surface area (Å²) >= 11 is 1.27. The van der Waals surface area contributed by atoms with Gasteiger partial charge in [0.15, 0.2) is 6.61 Å². The van der Waals surface area contributed by atoms with Crippen molar-refractivity contribution >= 4 is 29.7 Å². The molecule has 0 aliphatic heterocycles. The summed E-state index contributed by atoms with van der Waals surface area (Å²) in [5, 5.41) is 1.79. The Balaban J connectivity index is 2.02. The van der Waals surface area contributed by atoms with E-state index >= 15 is 0 Å². The first-order valence-corrected chi connectivity index (χ1v) is 8.17. The third kappa shape index (κ3) is 5.61. The van der Waals surface area contributed by atoms with Crippen LogP contribution in [-0.2, 0) is 15.3 Å². The maximum atomic E-state index is 13.7. The number of esters is 1. The molecule has 0 aromatic heterocycles. The Kier molecular flexibility index (Phi) is 6.53. The Hall–Kier alpha value is -2.87. The number of thioether (sulfide) groups is 1. The van der Waals surface area contributed by atoms with Crippen molar-refractivity contribution in [3.8, 4) is 0 Å². The Labute approximate surface area is 147 Å². The molecule has 3 amide bonds. The highest BCUT2D eigenvalue weighted by molar-refractivity contribution is 7.98. The van der Waals surface area contributed by atoms with Gasteiger partial charge in [0.2, 0.25) is 0 Å². The number of benzene rings is 2. The minimum Gasteiger partial charge on any atom is -0.452 e. The first kappa shape index (κ1) is 18.5. The molecule has 130 valence electrons. The van der Waals surface area contributed by atoms with Crippen LogP contribution in [0, 0.1) is 5.82 Å². The van der Waals surface area contributed by atoms with Gasteiger partial charge in [0.25, 0.3) is 5.91 Å². The molecule has 3 N–H and O–H groups in total. The van der Waals surface area contributed by atoms with E-state index in [0.29, 0.717) is 16.2 Å². The number of imide groups is 1. The SMILES string of the molecule is NC(=O)NC(=O)COC(=O)c1ccccc1SCc1ccccc1F. The molecule has 0 saturated carbocycles. The summed E-state index contributed by atoms with van der Waals surface area (Å²) in [5.41, 5.74) is 5.55. The lowest BCUT2D eigenvalue weighted by Gasteiger charge is -2.09. The molecular formula is C17H15FN2O4S. The van der Waals surface area contributed by atoms with Gasteiger partial charge in [-0.15, -0.1) is 11.8 Å². The van der Waals surface area contributed by atoms with Crippen molar-refractivity contribution in [3.63, 3.8) is 0 Å². The Bertz CT molecular complexity index is 798. The lowest BCUT2D eigenvalue weighted by atomic mass is 10.2. The molecule has 0 saturated heterocycles. The number of nitrogens with one attached hydrogen (secondary N) is 1. The van der Waals surface area contributed by atoms with Crippen LogP contribution in [0.3, 0.4) is 0 Å². The highest BCUT2D eigenvalue weighted by atomic mass is 32.2. The standard InChI is InChI=1S/C17H15FN2O4S/c18-13-7-3-1-5-11(13)10-25-14-8-4-2-6-12(14)16(22)24-9-15(21)20-17(19)23/h1-8H,9-10H2,(H3,19,20,21,23). The van der Waals surface area contributed by atoms with Crippen molar-refractivity contribution in [3.05, 3.63) is 65.5 Å². The number of nitrogens with two attached hydrogens (primary N) is 1. The van der Waals surface area contributed by atoms with Crippen LogP contribution in [-0.4, -0.2) is 24.5 Å². The molecule has 0 bridgehead atoms. The lowest BCUT2D eigenvalue weighted by Crippen LogP contribution is -2.37. The molecule has 0 aliphatic rings. The van der Waals surface area contributed by atoms with Gasteiger partial charge in [0, 0.05) is 10.6 Å². The van der Waals surface area contributed by atoms with E-state index in [1.807, 2.05) is 0 Å². The summed E-state index contributed by atoms with van der Waals surface area (Å²) < 4.78 is 18.5. The van der Waals surface area contributed by atoms with Gasteiger partial charge in [-0.3, -0.25) is 10.1 Å². The topological polar surface area (TPSA) is 98.5 Å². The number of urea groups is 1. The van der Waals surface area contributed by atoms with Gasteiger partial charge in [0.05, 0.1) is 5.56 Å². The fourth-order valence-electron chi connectivity index (χ4n) is 1.91. The zero-order valence-corrected chi connectivity index (χ0v) is 13.8. The molecule has 2 aromatic carbocycles. The second-order valence-electron chi connectivity index (χ2n) is 4.86. The highest BCUT2D eigenvalue weighted by Crippen LogP contribution is 2.27.